The Labute approximate surface area is 108 Å². The number of aromatic nitrogens is 2. The Morgan fingerprint density at radius 1 is 1.56 bits per heavy atom. The molecule has 100 valence electrons. The molecule has 1 aliphatic rings. The zero-order valence-electron chi connectivity index (χ0n) is 11.2. The van der Waals surface area contributed by atoms with E-state index in [-0.39, 0.29) is 11.4 Å². The van der Waals surface area contributed by atoms with Crippen LogP contribution >= 0.6 is 0 Å². The van der Waals surface area contributed by atoms with E-state index in [0.29, 0.717) is 18.8 Å². The van der Waals surface area contributed by atoms with Crippen LogP contribution in [-0.2, 0) is 6.54 Å². The van der Waals surface area contributed by atoms with Crippen molar-refractivity contribution in [3.05, 3.63) is 17.5 Å². The second-order valence-electron chi connectivity index (χ2n) is 5.13. The lowest BCUT2D eigenvalue weighted by atomic mass is 9.97. The lowest BCUT2D eigenvalue weighted by molar-refractivity contribution is 0.0892. The van der Waals surface area contributed by atoms with Gasteiger partial charge in [-0.15, -0.1) is 0 Å². The molecule has 1 aromatic heterocycles. The summed E-state index contributed by atoms with van der Waals surface area (Å²) in [5.74, 6) is -0.0511. The Kier molecular flexibility index (Phi) is 3.71. The normalized spacial score (nSPS) is 17.9. The summed E-state index contributed by atoms with van der Waals surface area (Å²) in [6, 6.07) is 1.83. The molecule has 1 fully saturated rings. The molecule has 1 saturated carbocycles. The highest BCUT2D eigenvalue weighted by molar-refractivity contribution is 5.93. The third-order valence-electron chi connectivity index (χ3n) is 3.76. The predicted octanol–water partition coefficient (Wildman–Crippen LogP) is 1.21. The summed E-state index contributed by atoms with van der Waals surface area (Å²) in [5.41, 5.74) is 7.14. The van der Waals surface area contributed by atoms with Crippen molar-refractivity contribution in [3.8, 4) is 0 Å². The van der Waals surface area contributed by atoms with Gasteiger partial charge in [0.05, 0.1) is 11.2 Å². The summed E-state index contributed by atoms with van der Waals surface area (Å²) in [5, 5.41) is 7.42. The van der Waals surface area contributed by atoms with Crippen molar-refractivity contribution < 1.29 is 4.79 Å². The number of hydrogen-bond acceptors (Lipinski definition) is 3. The maximum absolute atomic E-state index is 12.3. The van der Waals surface area contributed by atoms with Gasteiger partial charge in [0.25, 0.3) is 5.91 Å². The van der Waals surface area contributed by atoms with Gasteiger partial charge in [-0.05, 0) is 32.8 Å². The van der Waals surface area contributed by atoms with Crippen molar-refractivity contribution in [3.63, 3.8) is 0 Å². The molecule has 3 N–H and O–H groups in total. The molecule has 0 aliphatic heterocycles. The van der Waals surface area contributed by atoms with Crippen LogP contribution in [-0.4, -0.2) is 27.8 Å². The van der Waals surface area contributed by atoms with Crippen LogP contribution in [0.5, 0.6) is 0 Å². The molecule has 1 heterocycles. The topological polar surface area (TPSA) is 72.9 Å². The molecule has 5 nitrogen and oxygen atoms in total. The third kappa shape index (κ3) is 2.41. The molecule has 2 rings (SSSR count). The van der Waals surface area contributed by atoms with Gasteiger partial charge in [-0.25, -0.2) is 0 Å². The first kappa shape index (κ1) is 13.1. The zero-order chi connectivity index (χ0) is 13.2. The van der Waals surface area contributed by atoms with Crippen LogP contribution in [0.2, 0.25) is 0 Å². The fourth-order valence-corrected chi connectivity index (χ4v) is 2.71. The Morgan fingerprint density at radius 2 is 2.22 bits per heavy atom. The van der Waals surface area contributed by atoms with Gasteiger partial charge in [0.15, 0.2) is 0 Å². The molecule has 0 bridgehead atoms. The van der Waals surface area contributed by atoms with Crippen molar-refractivity contribution in [1.82, 2.24) is 15.1 Å². The summed E-state index contributed by atoms with van der Waals surface area (Å²) in [4.78, 5) is 12.3. The minimum atomic E-state index is -0.201. The molecule has 0 radical (unpaired) electrons. The van der Waals surface area contributed by atoms with E-state index >= 15 is 0 Å². The summed E-state index contributed by atoms with van der Waals surface area (Å²) in [6.45, 7) is 5.10. The monoisotopic (exact) mass is 250 g/mol. The maximum Gasteiger partial charge on any atom is 0.270 e. The van der Waals surface area contributed by atoms with Crippen LogP contribution in [0.3, 0.4) is 0 Å². The molecule has 0 saturated heterocycles. The van der Waals surface area contributed by atoms with Crippen LogP contribution in [0, 0.1) is 6.92 Å². The van der Waals surface area contributed by atoms with Crippen LogP contribution in [0.15, 0.2) is 6.07 Å². The molecule has 1 aromatic rings. The van der Waals surface area contributed by atoms with Gasteiger partial charge in [-0.3, -0.25) is 9.48 Å². The summed E-state index contributed by atoms with van der Waals surface area (Å²) >= 11 is 0. The SMILES string of the molecule is CCn1nc(C)cc1C(=O)NC1(CN)CCCC1. The highest BCUT2D eigenvalue weighted by atomic mass is 16.2. The molecular weight excluding hydrogens is 228 g/mol. The largest absolute Gasteiger partial charge is 0.344 e. The van der Waals surface area contributed by atoms with Crippen molar-refractivity contribution in [2.45, 2.75) is 51.6 Å². The standard InChI is InChI=1S/C13H22N4O/c1-3-17-11(8-10(2)16-17)12(18)15-13(9-14)6-4-5-7-13/h8H,3-7,9,14H2,1-2H3,(H,15,18). The number of amides is 1. The molecule has 5 heteroatoms. The second-order valence-corrected chi connectivity index (χ2v) is 5.13. The molecule has 0 atom stereocenters. The quantitative estimate of drug-likeness (QED) is 0.843. The highest BCUT2D eigenvalue weighted by Gasteiger charge is 2.34. The van der Waals surface area contributed by atoms with E-state index in [1.165, 1.54) is 0 Å². The van der Waals surface area contributed by atoms with Gasteiger partial charge < -0.3 is 11.1 Å². The number of nitrogens with one attached hydrogen (secondary N) is 1. The average molecular weight is 250 g/mol. The van der Waals surface area contributed by atoms with Crippen molar-refractivity contribution in [2.24, 2.45) is 5.73 Å². The lowest BCUT2D eigenvalue weighted by Gasteiger charge is -2.28. The van der Waals surface area contributed by atoms with E-state index in [1.54, 1.807) is 4.68 Å². The number of rotatable bonds is 4. The second kappa shape index (κ2) is 5.10. The zero-order valence-corrected chi connectivity index (χ0v) is 11.2. The number of hydrogen-bond donors (Lipinski definition) is 2. The molecular formula is C13H22N4O. The lowest BCUT2D eigenvalue weighted by Crippen LogP contribution is -2.52. The van der Waals surface area contributed by atoms with E-state index in [4.69, 9.17) is 5.73 Å². The minimum Gasteiger partial charge on any atom is -0.344 e. The van der Waals surface area contributed by atoms with Gasteiger partial charge in [0.2, 0.25) is 0 Å². The van der Waals surface area contributed by atoms with Crippen molar-refractivity contribution >= 4 is 5.91 Å². The number of carbonyl (C=O) groups is 1. The van der Waals surface area contributed by atoms with Gasteiger partial charge in [-0.2, -0.15) is 5.10 Å². The Bertz CT molecular complexity index is 432. The molecule has 0 spiro atoms. The maximum atomic E-state index is 12.3. The Morgan fingerprint density at radius 3 is 2.78 bits per heavy atom. The highest BCUT2D eigenvalue weighted by Crippen LogP contribution is 2.28. The van der Waals surface area contributed by atoms with Gasteiger partial charge in [-0.1, -0.05) is 12.8 Å². The van der Waals surface area contributed by atoms with E-state index < -0.39 is 0 Å². The average Bonchev–Trinajstić information content (AvgIpc) is 2.96. The number of nitrogens with zero attached hydrogens (tertiary/aromatic N) is 2. The van der Waals surface area contributed by atoms with Gasteiger partial charge in [0, 0.05) is 13.1 Å². The number of nitrogens with two attached hydrogens (primary N) is 1. The smallest absolute Gasteiger partial charge is 0.270 e. The van der Waals surface area contributed by atoms with Crippen LogP contribution in [0.25, 0.3) is 0 Å². The van der Waals surface area contributed by atoms with Gasteiger partial charge in [0.1, 0.15) is 5.69 Å². The molecule has 1 aliphatic carbocycles. The first-order valence-electron chi connectivity index (χ1n) is 6.67. The number of aryl methyl sites for hydroxylation is 2. The van der Waals surface area contributed by atoms with E-state index in [1.807, 2.05) is 19.9 Å². The fourth-order valence-electron chi connectivity index (χ4n) is 2.71. The first-order chi connectivity index (χ1) is 8.60. The molecule has 0 unspecified atom stereocenters. The van der Waals surface area contributed by atoms with E-state index in [2.05, 4.69) is 10.4 Å². The molecule has 0 aromatic carbocycles. The van der Waals surface area contributed by atoms with Crippen molar-refractivity contribution in [2.75, 3.05) is 6.54 Å². The third-order valence-corrected chi connectivity index (χ3v) is 3.76. The first-order valence-corrected chi connectivity index (χ1v) is 6.67. The van der Waals surface area contributed by atoms with Crippen LogP contribution in [0.1, 0.15) is 48.8 Å². The Hall–Kier alpha value is -1.36. The van der Waals surface area contributed by atoms with Gasteiger partial charge >= 0.3 is 0 Å². The number of carbonyl (C=O) groups excluding carboxylic acids is 1. The van der Waals surface area contributed by atoms with E-state index in [0.717, 1.165) is 31.4 Å². The Balaban J connectivity index is 2.16. The predicted molar refractivity (Wildman–Crippen MR) is 70.4 cm³/mol. The summed E-state index contributed by atoms with van der Waals surface area (Å²) in [7, 11) is 0. The fraction of sp³-hybridized carbons (Fsp3) is 0.692. The van der Waals surface area contributed by atoms with Crippen molar-refractivity contribution in [1.29, 1.82) is 0 Å². The molecule has 18 heavy (non-hydrogen) atoms. The molecule has 1 amide bonds. The minimum absolute atomic E-state index is 0.0511. The summed E-state index contributed by atoms with van der Waals surface area (Å²) < 4.78 is 1.74. The van der Waals surface area contributed by atoms with E-state index in [9.17, 15) is 4.79 Å². The van der Waals surface area contributed by atoms with Crippen LogP contribution < -0.4 is 11.1 Å². The summed E-state index contributed by atoms with van der Waals surface area (Å²) in [6.07, 6.45) is 4.25. The van der Waals surface area contributed by atoms with Crippen LogP contribution in [0.4, 0.5) is 0 Å².